The Morgan fingerprint density at radius 3 is 2.56 bits per heavy atom. The first-order valence-electron chi connectivity index (χ1n) is 14.3. The molecule has 6 rings (SSSR count). The van der Waals surface area contributed by atoms with Crippen molar-refractivity contribution in [2.24, 2.45) is 0 Å². The van der Waals surface area contributed by atoms with Gasteiger partial charge in [-0.2, -0.15) is 0 Å². The molecule has 0 amide bonds. The number of rotatable bonds is 6. The Balaban J connectivity index is 1.60. The minimum Gasteiger partial charge on any atom is -0.490 e. The second-order valence-electron chi connectivity index (χ2n) is 12.2. The fourth-order valence-corrected chi connectivity index (χ4v) is 6.08. The van der Waals surface area contributed by atoms with E-state index < -0.39 is 23.8 Å². The number of aryl methyl sites for hydroxylation is 1. The lowest BCUT2D eigenvalue weighted by atomic mass is 9.85. The van der Waals surface area contributed by atoms with E-state index in [4.69, 9.17) is 18.9 Å². The number of nitrogens with zero attached hydrogens (tertiary/aromatic N) is 4. The van der Waals surface area contributed by atoms with E-state index in [0.717, 1.165) is 53.9 Å². The Hall–Kier alpha value is -3.34. The van der Waals surface area contributed by atoms with Crippen LogP contribution in [0.4, 0.5) is 10.4 Å². The van der Waals surface area contributed by atoms with Gasteiger partial charge in [0.1, 0.15) is 6.10 Å². The molecular formula is C31H37FN4O5. The molecule has 3 aromatic rings. The third-order valence-corrected chi connectivity index (χ3v) is 8.20. The van der Waals surface area contributed by atoms with Gasteiger partial charge in [-0.3, -0.25) is 4.98 Å². The zero-order valence-electron chi connectivity index (χ0n) is 24.4. The third kappa shape index (κ3) is 4.81. The van der Waals surface area contributed by atoms with Crippen LogP contribution in [0.2, 0.25) is 0 Å². The highest BCUT2D eigenvalue weighted by Gasteiger charge is 2.38. The number of allylic oxidation sites excluding steroid dienone is 1. The van der Waals surface area contributed by atoms with Gasteiger partial charge in [0.05, 0.1) is 17.9 Å². The van der Waals surface area contributed by atoms with E-state index in [0.29, 0.717) is 53.1 Å². The third-order valence-electron chi connectivity index (χ3n) is 8.20. The molecule has 2 atom stereocenters. The molecule has 2 aromatic heterocycles. The summed E-state index contributed by atoms with van der Waals surface area (Å²) in [5.41, 5.74) is 5.71. The summed E-state index contributed by atoms with van der Waals surface area (Å²) in [6.45, 7) is 13.6. The molecule has 1 aromatic carbocycles. The maximum Gasteiger partial charge on any atom is 0.318 e. The summed E-state index contributed by atoms with van der Waals surface area (Å²) < 4.78 is 33.6. The van der Waals surface area contributed by atoms with Crippen molar-refractivity contribution in [3.8, 4) is 16.9 Å². The van der Waals surface area contributed by atoms with Crippen molar-refractivity contribution in [1.82, 2.24) is 15.2 Å². The van der Waals surface area contributed by atoms with Gasteiger partial charge in [-0.15, -0.1) is 5.10 Å². The number of anilines is 1. The molecule has 0 radical (unpaired) electrons. The predicted octanol–water partition coefficient (Wildman–Crippen LogP) is 5.25. The van der Waals surface area contributed by atoms with Crippen LogP contribution in [-0.4, -0.2) is 57.0 Å². The number of aromatic nitrogens is 3. The Bertz CT molecular complexity index is 1540. The highest BCUT2D eigenvalue weighted by molar-refractivity contribution is 5.95. The smallest absolute Gasteiger partial charge is 0.318 e. The number of benzene rings is 1. The summed E-state index contributed by atoms with van der Waals surface area (Å²) >= 11 is 0. The van der Waals surface area contributed by atoms with Gasteiger partial charge < -0.3 is 29.0 Å². The minimum atomic E-state index is -1.84. The zero-order chi connectivity index (χ0) is 29.2. The number of aliphatic hydroxyl groups excluding tert-OH is 1. The van der Waals surface area contributed by atoms with Gasteiger partial charge in [0.25, 0.3) is 0 Å². The van der Waals surface area contributed by atoms with E-state index in [2.05, 4.69) is 10.2 Å². The van der Waals surface area contributed by atoms with Crippen molar-refractivity contribution in [3.05, 3.63) is 51.4 Å². The number of pyridine rings is 1. The average molecular weight is 565 g/mol. The fourth-order valence-electron chi connectivity index (χ4n) is 6.08. The van der Waals surface area contributed by atoms with Crippen LogP contribution in [0.3, 0.4) is 0 Å². The lowest BCUT2D eigenvalue weighted by Gasteiger charge is -2.32. The molecule has 10 heteroatoms. The lowest BCUT2D eigenvalue weighted by Crippen LogP contribution is -2.37. The van der Waals surface area contributed by atoms with Crippen molar-refractivity contribution < 1.29 is 28.5 Å². The molecule has 1 unspecified atom stereocenters. The van der Waals surface area contributed by atoms with Gasteiger partial charge >= 0.3 is 6.01 Å². The summed E-state index contributed by atoms with van der Waals surface area (Å²) in [4.78, 5) is 7.00. The molecular weight excluding hydrogens is 527 g/mol. The van der Waals surface area contributed by atoms with Crippen molar-refractivity contribution in [1.29, 1.82) is 0 Å². The Kier molecular flexibility index (Phi) is 6.91. The van der Waals surface area contributed by atoms with E-state index in [1.807, 2.05) is 52.5 Å². The molecule has 218 valence electrons. The molecule has 0 spiro atoms. The topological polar surface area (TPSA) is 114 Å². The fraction of sp³-hybridized carbons (Fsp3) is 0.516. The average Bonchev–Trinajstić information content (AvgIpc) is 3.47. The van der Waals surface area contributed by atoms with Crippen LogP contribution >= 0.6 is 0 Å². The summed E-state index contributed by atoms with van der Waals surface area (Å²) in [7, 11) is 0. The molecule has 0 bridgehead atoms. The Morgan fingerprint density at radius 2 is 1.90 bits per heavy atom. The van der Waals surface area contributed by atoms with Crippen LogP contribution in [0.15, 0.2) is 10.5 Å². The summed E-state index contributed by atoms with van der Waals surface area (Å²) in [5.74, 6) is 0.0705. The van der Waals surface area contributed by atoms with Crippen LogP contribution in [0.5, 0.6) is 5.75 Å². The molecule has 0 saturated carbocycles. The van der Waals surface area contributed by atoms with E-state index in [-0.39, 0.29) is 5.92 Å². The van der Waals surface area contributed by atoms with Gasteiger partial charge in [0, 0.05) is 47.0 Å². The second kappa shape index (κ2) is 10.2. The van der Waals surface area contributed by atoms with Gasteiger partial charge in [0.2, 0.25) is 5.89 Å². The van der Waals surface area contributed by atoms with E-state index >= 15 is 4.39 Å². The molecule has 3 aliphatic rings. The first-order valence-corrected chi connectivity index (χ1v) is 14.3. The summed E-state index contributed by atoms with van der Waals surface area (Å²) in [5, 5.41) is 29.8. The molecule has 2 aliphatic heterocycles. The number of fused-ring (bicyclic) bond motifs is 2. The molecule has 9 nitrogen and oxygen atoms in total. The van der Waals surface area contributed by atoms with Gasteiger partial charge in [0.15, 0.2) is 17.9 Å². The van der Waals surface area contributed by atoms with E-state index in [1.165, 1.54) is 6.07 Å². The standard InChI is InChI=1S/C31H37FN4O5/c1-15-18-9-7-12-39-26(18)22(32)14-19(15)24-21-13-20(28-34-35-30(40-28)36-10-8-11-36)16(2)25(21)33-17(3)23(24)27(29(37)38)41-31(4,5)6/h13-14,16,27,29,37-38H,7-12H2,1-6H3/t16?,27-/m0/s1. The zero-order valence-corrected chi connectivity index (χ0v) is 24.4. The van der Waals surface area contributed by atoms with Crippen molar-refractivity contribution in [2.45, 2.75) is 84.7 Å². The highest BCUT2D eigenvalue weighted by atomic mass is 19.1. The van der Waals surface area contributed by atoms with Crippen LogP contribution in [-0.2, 0) is 11.2 Å². The van der Waals surface area contributed by atoms with Gasteiger partial charge in [-0.05, 0) is 82.7 Å². The van der Waals surface area contributed by atoms with Crippen LogP contribution < -0.4 is 9.64 Å². The molecule has 1 aliphatic carbocycles. The number of ether oxygens (including phenoxy) is 2. The second-order valence-corrected chi connectivity index (χ2v) is 12.2. The number of aliphatic hydroxyl groups is 2. The number of halogens is 1. The quantitative estimate of drug-likeness (QED) is 0.388. The first-order chi connectivity index (χ1) is 19.4. The Labute approximate surface area is 239 Å². The number of hydrogen-bond acceptors (Lipinski definition) is 9. The molecule has 1 fully saturated rings. The Morgan fingerprint density at radius 1 is 1.15 bits per heavy atom. The van der Waals surface area contributed by atoms with Gasteiger partial charge in [-0.25, -0.2) is 4.39 Å². The monoisotopic (exact) mass is 564 g/mol. The first kappa shape index (κ1) is 27.8. The molecule has 41 heavy (non-hydrogen) atoms. The maximum absolute atomic E-state index is 15.6. The summed E-state index contributed by atoms with van der Waals surface area (Å²) in [6.07, 6.45) is 1.57. The lowest BCUT2D eigenvalue weighted by molar-refractivity contribution is -0.185. The largest absolute Gasteiger partial charge is 0.490 e. The molecule has 2 N–H and O–H groups in total. The van der Waals surface area contributed by atoms with Crippen LogP contribution in [0.25, 0.3) is 22.8 Å². The van der Waals surface area contributed by atoms with E-state index in [1.54, 1.807) is 0 Å². The van der Waals surface area contributed by atoms with E-state index in [9.17, 15) is 10.2 Å². The normalized spacial score (nSPS) is 19.0. The van der Waals surface area contributed by atoms with Crippen molar-refractivity contribution >= 4 is 17.7 Å². The SMILES string of the molecule is Cc1nc2c(c(-c3cc(F)c4c(c3C)CCCO4)c1[C@H](OC(C)(C)C)C(O)O)C=C(c1nnc(N3CCC3)o1)C2C. The van der Waals surface area contributed by atoms with Crippen molar-refractivity contribution in [2.75, 3.05) is 24.6 Å². The molecule has 1 saturated heterocycles. The van der Waals surface area contributed by atoms with Crippen molar-refractivity contribution in [3.63, 3.8) is 0 Å². The van der Waals surface area contributed by atoms with Gasteiger partial charge in [-0.1, -0.05) is 12.0 Å². The number of hydrogen-bond donors (Lipinski definition) is 2. The highest BCUT2D eigenvalue weighted by Crippen LogP contribution is 2.50. The van der Waals surface area contributed by atoms with Crippen LogP contribution in [0, 0.1) is 19.7 Å². The maximum atomic E-state index is 15.6. The molecule has 4 heterocycles. The van der Waals surface area contributed by atoms with Crippen LogP contribution in [0.1, 0.15) is 92.1 Å². The summed E-state index contributed by atoms with van der Waals surface area (Å²) in [6, 6.07) is 1.98. The predicted molar refractivity (Wildman–Crippen MR) is 152 cm³/mol. The minimum absolute atomic E-state index is 0.187.